The molecule has 0 radical (unpaired) electrons. The van der Waals surface area contributed by atoms with Crippen molar-refractivity contribution in [2.24, 2.45) is 5.92 Å². The Hall–Kier alpha value is -1.18. The van der Waals surface area contributed by atoms with Gasteiger partial charge in [-0.1, -0.05) is 32.4 Å². The highest BCUT2D eigenvalue weighted by Crippen LogP contribution is 2.17. The van der Waals surface area contributed by atoms with Crippen LogP contribution in [-0.4, -0.2) is 5.78 Å². The van der Waals surface area contributed by atoms with Crippen LogP contribution >= 0.6 is 0 Å². The highest BCUT2D eigenvalue weighted by Gasteiger charge is 2.14. The fourth-order valence-corrected chi connectivity index (χ4v) is 1.43. The Labute approximate surface area is 90.3 Å². The van der Waals surface area contributed by atoms with E-state index in [1.165, 1.54) is 0 Å². The Kier molecular flexibility index (Phi) is 4.01. The maximum Gasteiger partial charge on any atom is 0.166 e. The second-order valence-corrected chi connectivity index (χ2v) is 4.08. The first-order chi connectivity index (χ1) is 7.06. The summed E-state index contributed by atoms with van der Waals surface area (Å²) in [6, 6.07) is 4.96. The van der Waals surface area contributed by atoms with Crippen LogP contribution in [0.25, 0.3) is 0 Å². The van der Waals surface area contributed by atoms with Crippen LogP contribution in [0.15, 0.2) is 18.2 Å². The van der Waals surface area contributed by atoms with Gasteiger partial charge in [0, 0.05) is 6.42 Å². The molecule has 1 nitrogen and oxygen atoms in total. The van der Waals surface area contributed by atoms with Crippen LogP contribution in [0.5, 0.6) is 0 Å². The first-order valence-electron chi connectivity index (χ1n) is 5.34. The molecule has 0 amide bonds. The Morgan fingerprint density at radius 1 is 1.47 bits per heavy atom. The smallest absolute Gasteiger partial charge is 0.166 e. The second-order valence-electron chi connectivity index (χ2n) is 4.08. The summed E-state index contributed by atoms with van der Waals surface area (Å²) < 4.78 is 13.6. The van der Waals surface area contributed by atoms with Crippen molar-refractivity contribution >= 4 is 5.78 Å². The maximum absolute atomic E-state index is 13.6. The molecule has 0 saturated heterocycles. The third kappa shape index (κ3) is 2.88. The molecule has 1 atom stereocenters. The van der Waals surface area contributed by atoms with Crippen molar-refractivity contribution in [1.29, 1.82) is 0 Å². The summed E-state index contributed by atoms with van der Waals surface area (Å²) in [5, 5.41) is 0. The first-order valence-corrected chi connectivity index (χ1v) is 5.34. The molecule has 0 spiro atoms. The number of rotatable bonds is 4. The van der Waals surface area contributed by atoms with Crippen molar-refractivity contribution in [2.45, 2.75) is 33.6 Å². The molecule has 1 rings (SSSR count). The molecule has 1 aromatic carbocycles. The van der Waals surface area contributed by atoms with E-state index in [0.717, 1.165) is 6.42 Å². The lowest BCUT2D eigenvalue weighted by atomic mass is 9.96. The summed E-state index contributed by atoms with van der Waals surface area (Å²) >= 11 is 0. The maximum atomic E-state index is 13.6. The van der Waals surface area contributed by atoms with E-state index in [1.807, 2.05) is 13.8 Å². The first kappa shape index (κ1) is 11.9. The van der Waals surface area contributed by atoms with Crippen molar-refractivity contribution in [3.8, 4) is 0 Å². The number of carbonyl (C=O) groups excluding carboxylic acids is 1. The summed E-state index contributed by atoms with van der Waals surface area (Å²) in [4.78, 5) is 11.7. The second kappa shape index (κ2) is 5.06. The van der Waals surface area contributed by atoms with Crippen molar-refractivity contribution in [3.05, 3.63) is 35.1 Å². The average Bonchev–Trinajstić information content (AvgIpc) is 2.21. The van der Waals surface area contributed by atoms with E-state index in [2.05, 4.69) is 0 Å². The minimum atomic E-state index is -0.370. The van der Waals surface area contributed by atoms with Gasteiger partial charge >= 0.3 is 0 Å². The van der Waals surface area contributed by atoms with Gasteiger partial charge in [-0.15, -0.1) is 0 Å². The third-order valence-electron chi connectivity index (χ3n) is 2.72. The van der Waals surface area contributed by atoms with Crippen LogP contribution in [0, 0.1) is 18.7 Å². The minimum absolute atomic E-state index is 0.0921. The molecule has 0 aliphatic carbocycles. The van der Waals surface area contributed by atoms with E-state index < -0.39 is 0 Å². The van der Waals surface area contributed by atoms with Crippen LogP contribution in [0.2, 0.25) is 0 Å². The van der Waals surface area contributed by atoms with Gasteiger partial charge in [-0.05, 0) is 24.5 Å². The molecular weight excluding hydrogens is 191 g/mol. The average molecular weight is 208 g/mol. The van der Waals surface area contributed by atoms with E-state index >= 15 is 0 Å². The van der Waals surface area contributed by atoms with Gasteiger partial charge in [-0.25, -0.2) is 4.39 Å². The van der Waals surface area contributed by atoms with Gasteiger partial charge < -0.3 is 0 Å². The highest BCUT2D eigenvalue weighted by atomic mass is 19.1. The monoisotopic (exact) mass is 208 g/mol. The summed E-state index contributed by atoms with van der Waals surface area (Å²) in [5.41, 5.74) is 0.764. The summed E-state index contributed by atoms with van der Waals surface area (Å²) in [6.07, 6.45) is 1.37. The van der Waals surface area contributed by atoms with Crippen LogP contribution in [0.3, 0.4) is 0 Å². The summed E-state index contributed by atoms with van der Waals surface area (Å²) in [5.74, 6) is -0.145. The van der Waals surface area contributed by atoms with Crippen LogP contribution in [-0.2, 0) is 0 Å². The zero-order valence-electron chi connectivity index (χ0n) is 9.51. The lowest BCUT2D eigenvalue weighted by Crippen LogP contribution is -2.08. The molecular formula is C13H17FO. The summed E-state index contributed by atoms with van der Waals surface area (Å²) in [7, 11) is 0. The Morgan fingerprint density at radius 3 is 2.73 bits per heavy atom. The van der Waals surface area contributed by atoms with Crippen LogP contribution in [0.1, 0.15) is 42.6 Å². The van der Waals surface area contributed by atoms with Gasteiger partial charge in [0.25, 0.3) is 0 Å². The number of benzene rings is 1. The number of ketones is 1. The van der Waals surface area contributed by atoms with E-state index in [9.17, 15) is 9.18 Å². The highest BCUT2D eigenvalue weighted by molar-refractivity contribution is 5.96. The van der Waals surface area contributed by atoms with Gasteiger partial charge in [0.2, 0.25) is 0 Å². The molecule has 0 aliphatic rings. The van der Waals surface area contributed by atoms with E-state index in [4.69, 9.17) is 0 Å². The van der Waals surface area contributed by atoms with Crippen molar-refractivity contribution < 1.29 is 9.18 Å². The van der Waals surface area contributed by atoms with Crippen molar-refractivity contribution in [2.75, 3.05) is 0 Å². The fraction of sp³-hybridized carbons (Fsp3) is 0.462. The molecule has 82 valence electrons. The van der Waals surface area contributed by atoms with Gasteiger partial charge in [-0.3, -0.25) is 4.79 Å². The SMILES string of the molecule is CCC(C)CC(=O)c1cccc(C)c1F. The molecule has 0 saturated carbocycles. The largest absolute Gasteiger partial charge is 0.294 e. The molecule has 0 aliphatic heterocycles. The molecule has 2 heteroatoms. The van der Waals surface area contributed by atoms with Gasteiger partial charge in [0.05, 0.1) is 5.56 Å². The molecule has 1 unspecified atom stereocenters. The number of hydrogen-bond acceptors (Lipinski definition) is 1. The third-order valence-corrected chi connectivity index (χ3v) is 2.72. The molecule has 0 fully saturated rings. The number of halogens is 1. The van der Waals surface area contributed by atoms with Gasteiger partial charge in [0.15, 0.2) is 5.78 Å². The standard InChI is InChI=1S/C13H17FO/c1-4-9(2)8-12(15)11-7-5-6-10(3)13(11)14/h5-7,9H,4,8H2,1-3H3. The zero-order chi connectivity index (χ0) is 11.4. The van der Waals surface area contributed by atoms with Crippen molar-refractivity contribution in [1.82, 2.24) is 0 Å². The quantitative estimate of drug-likeness (QED) is 0.689. The molecule has 0 heterocycles. The molecule has 0 N–H and O–H groups in total. The topological polar surface area (TPSA) is 17.1 Å². The zero-order valence-corrected chi connectivity index (χ0v) is 9.51. The predicted molar refractivity (Wildman–Crippen MR) is 59.5 cm³/mol. The number of hydrogen-bond donors (Lipinski definition) is 0. The number of Topliss-reactive ketones (excluding diaryl/α,β-unsaturated/α-hetero) is 1. The molecule has 1 aromatic rings. The van der Waals surface area contributed by atoms with Crippen LogP contribution in [0.4, 0.5) is 4.39 Å². The molecule has 15 heavy (non-hydrogen) atoms. The number of aryl methyl sites for hydroxylation is 1. The van der Waals surface area contributed by atoms with E-state index in [-0.39, 0.29) is 17.2 Å². The summed E-state index contributed by atoms with van der Waals surface area (Å²) in [6.45, 7) is 5.71. The Morgan fingerprint density at radius 2 is 2.13 bits per heavy atom. The van der Waals surface area contributed by atoms with E-state index in [0.29, 0.717) is 17.9 Å². The molecule has 0 aromatic heterocycles. The van der Waals surface area contributed by atoms with Gasteiger partial charge in [-0.2, -0.15) is 0 Å². The van der Waals surface area contributed by atoms with Crippen LogP contribution < -0.4 is 0 Å². The number of carbonyl (C=O) groups is 1. The predicted octanol–water partition coefficient (Wildman–Crippen LogP) is 3.75. The molecule has 0 bridgehead atoms. The van der Waals surface area contributed by atoms with Gasteiger partial charge in [0.1, 0.15) is 5.82 Å². The Bertz CT molecular complexity index is 358. The van der Waals surface area contributed by atoms with Crippen molar-refractivity contribution in [3.63, 3.8) is 0 Å². The Balaban J connectivity index is 2.87. The van der Waals surface area contributed by atoms with E-state index in [1.54, 1.807) is 25.1 Å². The minimum Gasteiger partial charge on any atom is -0.294 e. The lowest BCUT2D eigenvalue weighted by molar-refractivity contribution is 0.0959. The fourth-order valence-electron chi connectivity index (χ4n) is 1.43. The lowest BCUT2D eigenvalue weighted by Gasteiger charge is -2.08. The normalized spacial score (nSPS) is 12.5.